The van der Waals surface area contributed by atoms with Gasteiger partial charge < -0.3 is 15.0 Å². The van der Waals surface area contributed by atoms with E-state index in [9.17, 15) is 9.59 Å². The summed E-state index contributed by atoms with van der Waals surface area (Å²) in [6.45, 7) is 10.3. The van der Waals surface area contributed by atoms with Gasteiger partial charge >= 0.3 is 5.97 Å². The van der Waals surface area contributed by atoms with Gasteiger partial charge in [0, 0.05) is 23.5 Å². The van der Waals surface area contributed by atoms with Crippen LogP contribution in [0.25, 0.3) is 10.9 Å². The molecule has 0 unspecified atom stereocenters. The van der Waals surface area contributed by atoms with Gasteiger partial charge in [-0.25, -0.2) is 4.79 Å². The van der Waals surface area contributed by atoms with Crippen LogP contribution < -0.4 is 5.32 Å². The van der Waals surface area contributed by atoms with Crippen molar-refractivity contribution < 1.29 is 14.3 Å². The summed E-state index contributed by atoms with van der Waals surface area (Å²) in [4.78, 5) is 30.7. The third-order valence-corrected chi connectivity index (χ3v) is 6.48. The van der Waals surface area contributed by atoms with Crippen molar-refractivity contribution in [3.05, 3.63) is 29.5 Å². The summed E-state index contributed by atoms with van der Waals surface area (Å²) in [6.07, 6.45) is 3.47. The molecule has 2 N–H and O–H groups in total. The Morgan fingerprint density at radius 1 is 1.28 bits per heavy atom. The molecule has 2 fully saturated rings. The number of fused-ring (bicyclic) bond motifs is 3. The van der Waals surface area contributed by atoms with Crippen LogP contribution in [0.1, 0.15) is 56.1 Å². The van der Waals surface area contributed by atoms with E-state index in [2.05, 4.69) is 36.0 Å². The van der Waals surface area contributed by atoms with Crippen molar-refractivity contribution in [2.75, 3.05) is 25.5 Å². The number of aromatic nitrogens is 1. The Labute approximate surface area is 172 Å². The molecule has 0 spiro atoms. The number of H-pyrrole nitrogens is 1. The summed E-state index contributed by atoms with van der Waals surface area (Å²) in [5.74, 6) is -0.577. The summed E-state index contributed by atoms with van der Waals surface area (Å²) in [5.41, 5.74) is 3.25. The van der Waals surface area contributed by atoms with Crippen molar-refractivity contribution >= 4 is 28.5 Å². The van der Waals surface area contributed by atoms with Gasteiger partial charge in [0.1, 0.15) is 5.69 Å². The third-order valence-electron chi connectivity index (χ3n) is 6.48. The number of hydrogen-bond acceptors (Lipinski definition) is 4. The Morgan fingerprint density at radius 2 is 2.03 bits per heavy atom. The summed E-state index contributed by atoms with van der Waals surface area (Å²) in [6, 6.07) is 6.30. The number of hydrogen-bond donors (Lipinski definition) is 2. The van der Waals surface area contributed by atoms with Crippen molar-refractivity contribution in [1.29, 1.82) is 0 Å². The highest BCUT2D eigenvalue weighted by atomic mass is 16.5. The maximum Gasteiger partial charge on any atom is 0.356 e. The fourth-order valence-corrected chi connectivity index (χ4v) is 5.82. The summed E-state index contributed by atoms with van der Waals surface area (Å²) >= 11 is 0. The molecule has 2 atom stereocenters. The Kier molecular flexibility index (Phi) is 4.73. The number of aromatic amines is 1. The van der Waals surface area contributed by atoms with E-state index in [4.69, 9.17) is 4.74 Å². The van der Waals surface area contributed by atoms with Gasteiger partial charge in [-0.15, -0.1) is 0 Å². The van der Waals surface area contributed by atoms with Crippen LogP contribution in [0.3, 0.4) is 0 Å². The number of esters is 1. The average molecular weight is 398 g/mol. The molecule has 6 nitrogen and oxygen atoms in total. The topological polar surface area (TPSA) is 74.4 Å². The average Bonchev–Trinajstić information content (AvgIpc) is 3.07. The summed E-state index contributed by atoms with van der Waals surface area (Å²) in [5, 5.41) is 3.83. The number of amides is 1. The van der Waals surface area contributed by atoms with Crippen LogP contribution in [0.15, 0.2) is 18.2 Å². The van der Waals surface area contributed by atoms with Crippen molar-refractivity contribution in [2.45, 2.75) is 53.0 Å². The summed E-state index contributed by atoms with van der Waals surface area (Å²) < 4.78 is 4.91. The van der Waals surface area contributed by atoms with Crippen molar-refractivity contribution in [3.8, 4) is 0 Å². The third kappa shape index (κ3) is 3.78. The lowest BCUT2D eigenvalue weighted by molar-refractivity contribution is -0.117. The molecule has 1 saturated heterocycles. The lowest BCUT2D eigenvalue weighted by atomic mass is 9.65. The number of rotatable bonds is 4. The number of anilines is 1. The van der Waals surface area contributed by atoms with Crippen LogP contribution in [-0.2, 0) is 9.53 Å². The second kappa shape index (κ2) is 6.87. The van der Waals surface area contributed by atoms with Crippen LogP contribution in [0.5, 0.6) is 0 Å². The first kappa shape index (κ1) is 20.0. The quantitative estimate of drug-likeness (QED) is 0.762. The van der Waals surface area contributed by atoms with Crippen molar-refractivity contribution in [2.24, 2.45) is 10.8 Å². The second-order valence-corrected chi connectivity index (χ2v) is 10.1. The molecule has 0 radical (unpaired) electrons. The predicted molar refractivity (Wildman–Crippen MR) is 114 cm³/mol. The second-order valence-electron chi connectivity index (χ2n) is 10.1. The number of aryl methyl sites for hydroxylation is 1. The van der Waals surface area contributed by atoms with E-state index >= 15 is 0 Å². The van der Waals surface area contributed by atoms with Crippen LogP contribution in [-0.4, -0.2) is 48.0 Å². The maximum absolute atomic E-state index is 13.0. The Bertz CT molecular complexity index is 977. The number of methoxy groups -OCH3 is 1. The molecule has 2 heterocycles. The van der Waals surface area contributed by atoms with E-state index in [1.807, 2.05) is 25.1 Å². The molecule has 1 aliphatic heterocycles. The van der Waals surface area contributed by atoms with E-state index in [-0.39, 0.29) is 17.0 Å². The number of carbonyl (C=O) groups excluding carboxylic acids is 2. The molecule has 1 saturated carbocycles. The lowest BCUT2D eigenvalue weighted by Crippen LogP contribution is -2.38. The minimum Gasteiger partial charge on any atom is -0.464 e. The van der Waals surface area contributed by atoms with Gasteiger partial charge in [0.2, 0.25) is 5.91 Å². The monoisotopic (exact) mass is 397 g/mol. The fraction of sp³-hybridized carbons (Fsp3) is 0.565. The van der Waals surface area contributed by atoms with Gasteiger partial charge in [-0.1, -0.05) is 32.4 Å². The zero-order valence-electron chi connectivity index (χ0n) is 18.0. The maximum atomic E-state index is 13.0. The number of nitrogens with zero attached hydrogens (tertiary/aromatic N) is 1. The van der Waals surface area contributed by atoms with E-state index in [0.29, 0.717) is 23.7 Å². The van der Waals surface area contributed by atoms with Crippen molar-refractivity contribution in [1.82, 2.24) is 9.88 Å². The zero-order chi connectivity index (χ0) is 21.0. The van der Waals surface area contributed by atoms with Crippen LogP contribution in [0.4, 0.5) is 5.69 Å². The lowest BCUT2D eigenvalue weighted by Gasteiger charge is -2.39. The van der Waals surface area contributed by atoms with Crippen LogP contribution >= 0.6 is 0 Å². The minimum absolute atomic E-state index is 0.0912. The highest BCUT2D eigenvalue weighted by Crippen LogP contribution is 2.52. The number of ether oxygens (including phenoxy) is 1. The largest absolute Gasteiger partial charge is 0.464 e. The fourth-order valence-electron chi connectivity index (χ4n) is 5.82. The smallest absolute Gasteiger partial charge is 0.356 e. The molecule has 2 bridgehead atoms. The molecule has 1 aromatic heterocycles. The standard InChI is InChI=1S/C23H31N3O3/c1-14-6-7-17-16(8-14)19(20(24-17)21(28)29-5)25-18(27)11-26-13-23(4)10-15(26)9-22(2,3)12-23/h6-8,15,24H,9-13H2,1-5H3,(H,25,27)/t15-,23+/m0/s1. The Morgan fingerprint density at radius 3 is 2.76 bits per heavy atom. The highest BCUT2D eigenvalue weighted by molar-refractivity contribution is 6.11. The predicted octanol–water partition coefficient (Wildman–Crippen LogP) is 4.10. The van der Waals surface area contributed by atoms with Crippen LogP contribution in [0.2, 0.25) is 0 Å². The molecule has 29 heavy (non-hydrogen) atoms. The molecule has 1 aromatic carbocycles. The van der Waals surface area contributed by atoms with Gasteiger partial charge in [-0.05, 0) is 49.1 Å². The van der Waals surface area contributed by atoms with Gasteiger partial charge in [0.25, 0.3) is 0 Å². The number of likely N-dealkylation sites (tertiary alicyclic amines) is 1. The van der Waals surface area contributed by atoms with E-state index < -0.39 is 5.97 Å². The molecular formula is C23H31N3O3. The van der Waals surface area contributed by atoms with Crippen LogP contribution in [0, 0.1) is 17.8 Å². The highest BCUT2D eigenvalue weighted by Gasteiger charge is 2.49. The van der Waals surface area contributed by atoms with Gasteiger partial charge in [0.15, 0.2) is 0 Å². The first-order valence-corrected chi connectivity index (χ1v) is 10.3. The number of nitrogens with one attached hydrogen (secondary N) is 2. The van der Waals surface area contributed by atoms with E-state index in [1.165, 1.54) is 13.5 Å². The van der Waals surface area contributed by atoms with Crippen molar-refractivity contribution in [3.63, 3.8) is 0 Å². The normalized spacial score (nSPS) is 25.9. The molecule has 4 rings (SSSR count). The number of carbonyl (C=O) groups is 2. The molecule has 156 valence electrons. The first-order chi connectivity index (χ1) is 13.6. The zero-order valence-corrected chi connectivity index (χ0v) is 18.0. The molecule has 6 heteroatoms. The Hall–Kier alpha value is -2.34. The van der Waals surface area contributed by atoms with E-state index in [0.717, 1.165) is 35.9 Å². The van der Waals surface area contributed by atoms with Gasteiger partial charge in [0.05, 0.1) is 19.3 Å². The molecule has 1 aliphatic carbocycles. The number of benzene rings is 1. The molecule has 2 aliphatic rings. The first-order valence-electron chi connectivity index (χ1n) is 10.3. The Balaban J connectivity index is 1.57. The minimum atomic E-state index is -0.486. The van der Waals surface area contributed by atoms with E-state index in [1.54, 1.807) is 0 Å². The molecular weight excluding hydrogens is 366 g/mol. The summed E-state index contributed by atoms with van der Waals surface area (Å²) in [7, 11) is 1.34. The molecule has 2 aromatic rings. The van der Waals surface area contributed by atoms with Gasteiger partial charge in [-0.2, -0.15) is 0 Å². The SMILES string of the molecule is COC(=O)c1[nH]c2ccc(C)cc2c1NC(=O)CN1C[C@]2(C)C[C@@H]1CC(C)(C)C2. The van der Waals surface area contributed by atoms with Gasteiger partial charge in [-0.3, -0.25) is 9.69 Å². The molecule has 1 amide bonds.